The third-order valence-electron chi connectivity index (χ3n) is 4.08. The number of carbonyl (C=O) groups is 2. The largest absolute Gasteiger partial charge is 0.384 e. The number of aromatic nitrogens is 1. The molecule has 126 valence electrons. The molecule has 7 heteroatoms. The van der Waals surface area contributed by atoms with E-state index in [9.17, 15) is 9.59 Å². The van der Waals surface area contributed by atoms with E-state index in [2.05, 4.69) is 20.9 Å². The Hall–Kier alpha value is -1.99. The van der Waals surface area contributed by atoms with E-state index in [0.717, 1.165) is 25.9 Å². The van der Waals surface area contributed by atoms with Gasteiger partial charge in [-0.2, -0.15) is 0 Å². The standard InChI is InChI=1S/C16H24N4O3/c1-23-12-16(4-7-17-8-5-16)15(22)20-10-9-19-14(21)13-3-2-6-18-11-13/h2-3,6,11,17H,4-5,7-10,12H2,1H3,(H,19,21)(H,20,22). The predicted octanol–water partition coefficient (Wildman–Crippen LogP) is -0.0562. The Morgan fingerprint density at radius 1 is 1.30 bits per heavy atom. The first kappa shape index (κ1) is 17.4. The topological polar surface area (TPSA) is 92.4 Å². The highest BCUT2D eigenvalue weighted by molar-refractivity contribution is 5.93. The number of carbonyl (C=O) groups excluding carboxylic acids is 2. The van der Waals surface area contributed by atoms with E-state index < -0.39 is 5.41 Å². The average Bonchev–Trinajstić information content (AvgIpc) is 2.60. The van der Waals surface area contributed by atoms with Gasteiger partial charge in [0, 0.05) is 32.6 Å². The summed E-state index contributed by atoms with van der Waals surface area (Å²) < 4.78 is 5.24. The third-order valence-corrected chi connectivity index (χ3v) is 4.08. The molecule has 1 aliphatic rings. The van der Waals surface area contributed by atoms with Crippen LogP contribution in [0.1, 0.15) is 23.2 Å². The van der Waals surface area contributed by atoms with Crippen LogP contribution in [0.15, 0.2) is 24.5 Å². The minimum Gasteiger partial charge on any atom is -0.384 e. The van der Waals surface area contributed by atoms with Crippen molar-refractivity contribution in [3.8, 4) is 0 Å². The van der Waals surface area contributed by atoms with E-state index in [0.29, 0.717) is 25.3 Å². The van der Waals surface area contributed by atoms with E-state index in [1.54, 1.807) is 25.4 Å². The van der Waals surface area contributed by atoms with Crippen LogP contribution in [0.5, 0.6) is 0 Å². The van der Waals surface area contributed by atoms with Crippen molar-refractivity contribution < 1.29 is 14.3 Å². The van der Waals surface area contributed by atoms with Gasteiger partial charge in [0.1, 0.15) is 0 Å². The van der Waals surface area contributed by atoms with E-state index in [4.69, 9.17) is 4.74 Å². The molecule has 2 heterocycles. The maximum atomic E-state index is 12.5. The summed E-state index contributed by atoms with van der Waals surface area (Å²) in [6, 6.07) is 3.41. The Morgan fingerprint density at radius 3 is 2.70 bits per heavy atom. The molecule has 2 rings (SSSR count). The lowest BCUT2D eigenvalue weighted by Crippen LogP contribution is -2.51. The van der Waals surface area contributed by atoms with Gasteiger partial charge in [-0.1, -0.05) is 0 Å². The maximum absolute atomic E-state index is 12.5. The third kappa shape index (κ3) is 4.74. The fourth-order valence-corrected chi connectivity index (χ4v) is 2.76. The average molecular weight is 320 g/mol. The van der Waals surface area contributed by atoms with Crippen LogP contribution in [0.3, 0.4) is 0 Å². The van der Waals surface area contributed by atoms with E-state index in [1.165, 1.54) is 6.20 Å². The van der Waals surface area contributed by atoms with Crippen molar-refractivity contribution in [3.63, 3.8) is 0 Å². The summed E-state index contributed by atoms with van der Waals surface area (Å²) in [4.78, 5) is 28.3. The van der Waals surface area contributed by atoms with Gasteiger partial charge < -0.3 is 20.7 Å². The highest BCUT2D eigenvalue weighted by Crippen LogP contribution is 2.29. The predicted molar refractivity (Wildman–Crippen MR) is 86.0 cm³/mol. The lowest BCUT2D eigenvalue weighted by atomic mass is 9.78. The molecule has 3 N–H and O–H groups in total. The van der Waals surface area contributed by atoms with E-state index >= 15 is 0 Å². The zero-order valence-corrected chi connectivity index (χ0v) is 13.4. The quantitative estimate of drug-likeness (QED) is 0.612. The van der Waals surface area contributed by atoms with Gasteiger partial charge >= 0.3 is 0 Å². The van der Waals surface area contributed by atoms with Gasteiger partial charge in [-0.05, 0) is 38.1 Å². The number of nitrogens with one attached hydrogen (secondary N) is 3. The van der Waals surface area contributed by atoms with Crippen molar-refractivity contribution in [3.05, 3.63) is 30.1 Å². The summed E-state index contributed by atoms with van der Waals surface area (Å²) in [6.07, 6.45) is 4.64. The van der Waals surface area contributed by atoms with Crippen LogP contribution in [0.2, 0.25) is 0 Å². The summed E-state index contributed by atoms with van der Waals surface area (Å²) in [5, 5.41) is 8.93. The minimum absolute atomic E-state index is 0.00326. The van der Waals surface area contributed by atoms with Crippen LogP contribution in [-0.4, -0.2) is 56.7 Å². The van der Waals surface area contributed by atoms with E-state index in [-0.39, 0.29) is 11.8 Å². The van der Waals surface area contributed by atoms with Gasteiger partial charge in [0.2, 0.25) is 5.91 Å². The molecule has 0 spiro atoms. The maximum Gasteiger partial charge on any atom is 0.252 e. The molecule has 23 heavy (non-hydrogen) atoms. The van der Waals surface area contributed by atoms with Crippen LogP contribution >= 0.6 is 0 Å². The van der Waals surface area contributed by atoms with Gasteiger partial charge in [0.15, 0.2) is 0 Å². The SMILES string of the molecule is COCC1(C(=O)NCCNC(=O)c2cccnc2)CCNCC1. The number of ether oxygens (including phenoxy) is 1. The van der Waals surface area contributed by atoms with Crippen molar-refractivity contribution in [1.29, 1.82) is 0 Å². The molecule has 0 atom stereocenters. The van der Waals surface area contributed by atoms with Gasteiger partial charge in [0.05, 0.1) is 17.6 Å². The van der Waals surface area contributed by atoms with Crippen LogP contribution < -0.4 is 16.0 Å². The summed E-state index contributed by atoms with van der Waals surface area (Å²) in [5.41, 5.74) is 0.0425. The summed E-state index contributed by atoms with van der Waals surface area (Å²) in [6.45, 7) is 2.82. The number of amides is 2. The van der Waals surface area contributed by atoms with Crippen molar-refractivity contribution in [1.82, 2.24) is 20.9 Å². The second-order valence-electron chi connectivity index (χ2n) is 5.72. The molecule has 0 radical (unpaired) electrons. The molecule has 0 unspecified atom stereocenters. The number of methoxy groups -OCH3 is 1. The summed E-state index contributed by atoms with van der Waals surface area (Å²) in [7, 11) is 1.62. The summed E-state index contributed by atoms with van der Waals surface area (Å²) in [5.74, 6) is -0.197. The first-order valence-corrected chi connectivity index (χ1v) is 7.84. The molecule has 7 nitrogen and oxygen atoms in total. The zero-order chi connectivity index (χ0) is 16.5. The second kappa shape index (κ2) is 8.59. The van der Waals surface area contributed by atoms with Gasteiger partial charge in [-0.25, -0.2) is 0 Å². The summed E-state index contributed by atoms with van der Waals surface area (Å²) >= 11 is 0. The first-order valence-electron chi connectivity index (χ1n) is 7.84. The van der Waals surface area contributed by atoms with E-state index in [1.807, 2.05) is 0 Å². The fourth-order valence-electron chi connectivity index (χ4n) is 2.76. The monoisotopic (exact) mass is 320 g/mol. The number of hydrogen-bond donors (Lipinski definition) is 3. The lowest BCUT2D eigenvalue weighted by Gasteiger charge is -2.35. The Morgan fingerprint density at radius 2 is 2.04 bits per heavy atom. The van der Waals surface area contributed by atoms with Crippen molar-refractivity contribution >= 4 is 11.8 Å². The molecular weight excluding hydrogens is 296 g/mol. The number of rotatable bonds is 7. The molecule has 0 bridgehead atoms. The molecule has 0 aliphatic carbocycles. The molecule has 0 aromatic carbocycles. The van der Waals surface area contributed by atoms with Gasteiger partial charge in [-0.15, -0.1) is 0 Å². The Bertz CT molecular complexity index is 510. The molecule has 1 aromatic rings. The van der Waals surface area contributed by atoms with Crippen molar-refractivity contribution in [2.45, 2.75) is 12.8 Å². The molecule has 1 fully saturated rings. The van der Waals surface area contributed by atoms with Crippen molar-refractivity contribution in [2.75, 3.05) is 39.9 Å². The van der Waals surface area contributed by atoms with Gasteiger partial charge in [0.25, 0.3) is 5.91 Å². The van der Waals surface area contributed by atoms with Gasteiger partial charge in [-0.3, -0.25) is 14.6 Å². The van der Waals surface area contributed by atoms with Crippen LogP contribution in [0.4, 0.5) is 0 Å². The molecule has 1 aromatic heterocycles. The van der Waals surface area contributed by atoms with Crippen LogP contribution in [0, 0.1) is 5.41 Å². The molecule has 2 amide bonds. The minimum atomic E-state index is -0.465. The molecular formula is C16H24N4O3. The number of hydrogen-bond acceptors (Lipinski definition) is 5. The fraction of sp³-hybridized carbons (Fsp3) is 0.562. The Balaban J connectivity index is 1.76. The lowest BCUT2D eigenvalue weighted by molar-refractivity contribution is -0.136. The number of pyridine rings is 1. The Labute approximate surface area is 136 Å². The first-order chi connectivity index (χ1) is 11.2. The number of nitrogens with zero attached hydrogens (tertiary/aromatic N) is 1. The smallest absolute Gasteiger partial charge is 0.252 e. The highest BCUT2D eigenvalue weighted by atomic mass is 16.5. The van der Waals surface area contributed by atoms with Crippen molar-refractivity contribution in [2.24, 2.45) is 5.41 Å². The normalized spacial score (nSPS) is 16.6. The molecule has 1 saturated heterocycles. The molecule has 0 saturated carbocycles. The second-order valence-corrected chi connectivity index (χ2v) is 5.72. The zero-order valence-electron chi connectivity index (χ0n) is 13.4. The number of piperidine rings is 1. The van der Waals surface area contributed by atoms with Crippen LogP contribution in [0.25, 0.3) is 0 Å². The Kier molecular flexibility index (Phi) is 6.49. The highest BCUT2D eigenvalue weighted by Gasteiger charge is 2.39. The van der Waals surface area contributed by atoms with Crippen LogP contribution in [-0.2, 0) is 9.53 Å². The molecule has 1 aliphatic heterocycles.